The highest BCUT2D eigenvalue weighted by atomic mass is 16.1. The molecule has 2 N–H and O–H groups in total. The molecule has 1 amide bonds. The van der Waals surface area contributed by atoms with E-state index in [2.05, 4.69) is 36.4 Å². The third kappa shape index (κ3) is 5.49. The van der Waals surface area contributed by atoms with Crippen molar-refractivity contribution in [3.8, 4) is 0 Å². The van der Waals surface area contributed by atoms with Gasteiger partial charge < -0.3 is 15.5 Å². The average molecular weight is 269 g/mol. The highest BCUT2D eigenvalue weighted by Gasteiger charge is 2.32. The zero-order valence-electron chi connectivity index (χ0n) is 13.1. The lowest BCUT2D eigenvalue weighted by Crippen LogP contribution is -2.48. The third-order valence-corrected chi connectivity index (χ3v) is 4.51. The molecule has 1 fully saturated rings. The number of likely N-dealkylation sites (N-methyl/N-ethyl adjacent to an activating group) is 1. The maximum atomic E-state index is 12.1. The van der Waals surface area contributed by atoms with Gasteiger partial charge in [0.2, 0.25) is 5.91 Å². The average Bonchev–Trinajstić information content (AvgIpc) is 2.39. The lowest BCUT2D eigenvalue weighted by molar-refractivity contribution is -0.122. The first-order chi connectivity index (χ1) is 8.99. The molecular weight excluding hydrogens is 238 g/mol. The van der Waals surface area contributed by atoms with Crippen LogP contribution in [-0.2, 0) is 4.79 Å². The zero-order valence-corrected chi connectivity index (χ0v) is 13.1. The predicted molar refractivity (Wildman–Crippen MR) is 80.3 cm³/mol. The SMILES string of the molecule is CNC1(CC(=O)NCCN(C)C(C)C)CCCCC1. The quantitative estimate of drug-likeness (QED) is 0.740. The number of carbonyl (C=O) groups excluding carboxylic acids is 1. The maximum absolute atomic E-state index is 12.1. The summed E-state index contributed by atoms with van der Waals surface area (Å²) < 4.78 is 0. The van der Waals surface area contributed by atoms with Gasteiger partial charge in [-0.3, -0.25) is 4.79 Å². The van der Waals surface area contributed by atoms with Crippen LogP contribution in [0.4, 0.5) is 0 Å². The molecule has 1 rings (SSSR count). The van der Waals surface area contributed by atoms with Crippen LogP contribution in [-0.4, -0.2) is 49.6 Å². The van der Waals surface area contributed by atoms with Crippen LogP contribution in [0.25, 0.3) is 0 Å². The van der Waals surface area contributed by atoms with E-state index in [0.29, 0.717) is 12.5 Å². The second-order valence-corrected chi connectivity index (χ2v) is 6.19. The van der Waals surface area contributed by atoms with Gasteiger partial charge in [0, 0.05) is 31.1 Å². The Morgan fingerprint density at radius 3 is 2.42 bits per heavy atom. The van der Waals surface area contributed by atoms with Crippen molar-refractivity contribution in [3.63, 3.8) is 0 Å². The minimum Gasteiger partial charge on any atom is -0.355 e. The number of amides is 1. The summed E-state index contributed by atoms with van der Waals surface area (Å²) in [4.78, 5) is 14.3. The fourth-order valence-electron chi connectivity index (χ4n) is 2.74. The first kappa shape index (κ1) is 16.4. The van der Waals surface area contributed by atoms with Gasteiger partial charge in [0.1, 0.15) is 0 Å². The van der Waals surface area contributed by atoms with Crippen LogP contribution in [0.1, 0.15) is 52.4 Å². The summed E-state index contributed by atoms with van der Waals surface area (Å²) in [7, 11) is 4.08. The number of nitrogens with one attached hydrogen (secondary N) is 2. The van der Waals surface area contributed by atoms with E-state index in [0.717, 1.165) is 25.9 Å². The van der Waals surface area contributed by atoms with Crippen LogP contribution in [0.15, 0.2) is 0 Å². The van der Waals surface area contributed by atoms with Gasteiger partial charge in [0.05, 0.1) is 0 Å². The molecule has 0 radical (unpaired) electrons. The molecule has 4 nitrogen and oxygen atoms in total. The highest BCUT2D eigenvalue weighted by molar-refractivity contribution is 5.77. The monoisotopic (exact) mass is 269 g/mol. The summed E-state index contributed by atoms with van der Waals surface area (Å²) in [5.74, 6) is 0.188. The Hall–Kier alpha value is -0.610. The smallest absolute Gasteiger partial charge is 0.221 e. The van der Waals surface area contributed by atoms with E-state index < -0.39 is 0 Å². The van der Waals surface area contributed by atoms with Crippen molar-refractivity contribution >= 4 is 5.91 Å². The Balaban J connectivity index is 2.29. The molecular formula is C15H31N3O. The van der Waals surface area contributed by atoms with Gasteiger partial charge in [-0.25, -0.2) is 0 Å². The Labute approximate surface area is 118 Å². The molecule has 19 heavy (non-hydrogen) atoms. The van der Waals surface area contributed by atoms with Crippen molar-refractivity contribution in [1.82, 2.24) is 15.5 Å². The highest BCUT2D eigenvalue weighted by Crippen LogP contribution is 2.30. The fraction of sp³-hybridized carbons (Fsp3) is 0.933. The van der Waals surface area contributed by atoms with E-state index in [1.54, 1.807) is 0 Å². The predicted octanol–water partition coefficient (Wildman–Crippen LogP) is 1.76. The molecule has 0 heterocycles. The summed E-state index contributed by atoms with van der Waals surface area (Å²) in [5.41, 5.74) is 0.0479. The Morgan fingerprint density at radius 2 is 1.89 bits per heavy atom. The Bertz CT molecular complexity index is 273. The van der Waals surface area contributed by atoms with Crippen LogP contribution in [0, 0.1) is 0 Å². The summed E-state index contributed by atoms with van der Waals surface area (Å²) in [5, 5.41) is 6.45. The largest absolute Gasteiger partial charge is 0.355 e. The number of nitrogens with zero attached hydrogens (tertiary/aromatic N) is 1. The molecule has 0 aromatic carbocycles. The van der Waals surface area contributed by atoms with Crippen molar-refractivity contribution in [2.24, 2.45) is 0 Å². The minimum atomic E-state index is 0.0479. The van der Waals surface area contributed by atoms with Crippen LogP contribution < -0.4 is 10.6 Å². The molecule has 0 unspecified atom stereocenters. The Kier molecular flexibility index (Phi) is 6.80. The number of rotatable bonds is 7. The van der Waals surface area contributed by atoms with Crippen LogP contribution in [0.5, 0.6) is 0 Å². The fourth-order valence-corrected chi connectivity index (χ4v) is 2.74. The molecule has 0 saturated heterocycles. The summed E-state index contributed by atoms with van der Waals surface area (Å²) in [6.07, 6.45) is 6.67. The molecule has 1 aliphatic rings. The topological polar surface area (TPSA) is 44.4 Å². The standard InChI is InChI=1S/C15H31N3O/c1-13(2)18(4)11-10-17-14(19)12-15(16-3)8-6-5-7-9-15/h13,16H,5-12H2,1-4H3,(H,17,19). The van der Waals surface area contributed by atoms with Gasteiger partial charge in [0.15, 0.2) is 0 Å². The molecule has 0 bridgehead atoms. The first-order valence-corrected chi connectivity index (χ1v) is 7.65. The molecule has 4 heteroatoms. The number of hydrogen-bond donors (Lipinski definition) is 2. The molecule has 0 aromatic heterocycles. The van der Waals surface area contributed by atoms with Crippen LogP contribution >= 0.6 is 0 Å². The van der Waals surface area contributed by atoms with Gasteiger partial charge in [-0.2, -0.15) is 0 Å². The van der Waals surface area contributed by atoms with E-state index in [-0.39, 0.29) is 11.4 Å². The van der Waals surface area contributed by atoms with Crippen molar-refractivity contribution in [2.45, 2.75) is 64.0 Å². The number of hydrogen-bond acceptors (Lipinski definition) is 3. The van der Waals surface area contributed by atoms with Gasteiger partial charge in [-0.1, -0.05) is 19.3 Å². The van der Waals surface area contributed by atoms with Crippen molar-refractivity contribution in [3.05, 3.63) is 0 Å². The summed E-state index contributed by atoms with van der Waals surface area (Å²) in [6.45, 7) is 5.99. The van der Waals surface area contributed by atoms with Crippen LogP contribution in [0.3, 0.4) is 0 Å². The second kappa shape index (κ2) is 7.85. The van der Waals surface area contributed by atoms with E-state index in [1.165, 1.54) is 19.3 Å². The second-order valence-electron chi connectivity index (χ2n) is 6.19. The van der Waals surface area contributed by atoms with Gasteiger partial charge >= 0.3 is 0 Å². The molecule has 1 saturated carbocycles. The Morgan fingerprint density at radius 1 is 1.26 bits per heavy atom. The normalized spacial score (nSPS) is 18.8. The van der Waals surface area contributed by atoms with Crippen molar-refractivity contribution in [1.29, 1.82) is 0 Å². The van der Waals surface area contributed by atoms with E-state index in [1.807, 2.05) is 7.05 Å². The van der Waals surface area contributed by atoms with E-state index >= 15 is 0 Å². The van der Waals surface area contributed by atoms with Crippen LogP contribution in [0.2, 0.25) is 0 Å². The maximum Gasteiger partial charge on any atom is 0.221 e. The molecule has 0 aromatic rings. The molecule has 0 spiro atoms. The van der Waals surface area contributed by atoms with E-state index in [4.69, 9.17) is 0 Å². The molecule has 0 aliphatic heterocycles. The van der Waals surface area contributed by atoms with E-state index in [9.17, 15) is 4.79 Å². The molecule has 1 aliphatic carbocycles. The minimum absolute atomic E-state index is 0.0479. The third-order valence-electron chi connectivity index (χ3n) is 4.51. The van der Waals surface area contributed by atoms with Gasteiger partial charge in [0.25, 0.3) is 0 Å². The summed E-state index contributed by atoms with van der Waals surface area (Å²) >= 11 is 0. The summed E-state index contributed by atoms with van der Waals surface area (Å²) in [6, 6.07) is 0.527. The number of carbonyl (C=O) groups is 1. The van der Waals surface area contributed by atoms with Crippen molar-refractivity contribution < 1.29 is 4.79 Å². The molecule has 112 valence electrons. The van der Waals surface area contributed by atoms with Gasteiger partial charge in [-0.15, -0.1) is 0 Å². The van der Waals surface area contributed by atoms with Crippen molar-refractivity contribution in [2.75, 3.05) is 27.2 Å². The lowest BCUT2D eigenvalue weighted by Gasteiger charge is -2.36. The lowest BCUT2D eigenvalue weighted by atomic mass is 9.79. The first-order valence-electron chi connectivity index (χ1n) is 7.65. The van der Waals surface area contributed by atoms with Gasteiger partial charge in [-0.05, 0) is 40.8 Å². The zero-order chi connectivity index (χ0) is 14.3. The molecule has 0 atom stereocenters.